The standard InChI is InChI=1S/C12H15N/c1-10-5-7-11(8-6-10)9-13-12-3-2-4-12/h5-9,12H,2-4H2,1H3. The largest absolute Gasteiger partial charge is 0.289 e. The molecule has 0 saturated heterocycles. The van der Waals surface area contributed by atoms with E-state index < -0.39 is 0 Å². The minimum atomic E-state index is 0.612. The smallest absolute Gasteiger partial charge is 0.0499 e. The molecule has 0 aliphatic heterocycles. The van der Waals surface area contributed by atoms with Gasteiger partial charge in [0.1, 0.15) is 0 Å². The molecule has 1 nitrogen and oxygen atoms in total. The third kappa shape index (κ3) is 2.18. The molecule has 1 aromatic carbocycles. The summed E-state index contributed by atoms with van der Waals surface area (Å²) in [5.74, 6) is 0. The third-order valence-electron chi connectivity index (χ3n) is 2.59. The van der Waals surface area contributed by atoms with E-state index in [1.165, 1.54) is 30.4 Å². The summed E-state index contributed by atoms with van der Waals surface area (Å²) in [7, 11) is 0. The lowest BCUT2D eigenvalue weighted by atomic mass is 9.94. The first-order valence-corrected chi connectivity index (χ1v) is 4.94. The van der Waals surface area contributed by atoms with Crippen molar-refractivity contribution in [3.63, 3.8) is 0 Å². The molecule has 13 heavy (non-hydrogen) atoms. The van der Waals surface area contributed by atoms with Gasteiger partial charge in [-0.15, -0.1) is 0 Å². The summed E-state index contributed by atoms with van der Waals surface area (Å²) in [4.78, 5) is 4.50. The molecular formula is C12H15N. The van der Waals surface area contributed by atoms with Crippen LogP contribution in [-0.4, -0.2) is 12.3 Å². The van der Waals surface area contributed by atoms with Crippen LogP contribution in [0.15, 0.2) is 29.3 Å². The van der Waals surface area contributed by atoms with Crippen LogP contribution < -0.4 is 0 Å². The van der Waals surface area contributed by atoms with Gasteiger partial charge < -0.3 is 0 Å². The molecular weight excluding hydrogens is 158 g/mol. The monoisotopic (exact) mass is 173 g/mol. The van der Waals surface area contributed by atoms with Crippen LogP contribution in [0.5, 0.6) is 0 Å². The fraction of sp³-hybridized carbons (Fsp3) is 0.417. The van der Waals surface area contributed by atoms with Crippen LogP contribution in [0.3, 0.4) is 0 Å². The zero-order chi connectivity index (χ0) is 9.10. The number of benzene rings is 1. The molecule has 0 bridgehead atoms. The lowest BCUT2D eigenvalue weighted by Gasteiger charge is -2.20. The Kier molecular flexibility index (Phi) is 2.44. The van der Waals surface area contributed by atoms with E-state index in [4.69, 9.17) is 0 Å². The van der Waals surface area contributed by atoms with Crippen molar-refractivity contribution in [1.29, 1.82) is 0 Å². The number of aliphatic imine (C=N–C) groups is 1. The highest BCUT2D eigenvalue weighted by atomic mass is 14.8. The van der Waals surface area contributed by atoms with Crippen LogP contribution in [0.25, 0.3) is 0 Å². The van der Waals surface area contributed by atoms with E-state index in [2.05, 4.69) is 36.2 Å². The molecule has 2 rings (SSSR count). The molecule has 0 atom stereocenters. The normalized spacial score (nSPS) is 17.6. The number of hydrogen-bond acceptors (Lipinski definition) is 1. The lowest BCUT2D eigenvalue weighted by molar-refractivity contribution is 0.421. The van der Waals surface area contributed by atoms with E-state index in [-0.39, 0.29) is 0 Å². The van der Waals surface area contributed by atoms with Crippen LogP contribution in [0.4, 0.5) is 0 Å². The lowest BCUT2D eigenvalue weighted by Crippen LogP contribution is -2.14. The average molecular weight is 173 g/mol. The van der Waals surface area contributed by atoms with Crippen LogP contribution in [0.2, 0.25) is 0 Å². The zero-order valence-corrected chi connectivity index (χ0v) is 8.03. The van der Waals surface area contributed by atoms with E-state index in [1.807, 2.05) is 6.21 Å². The van der Waals surface area contributed by atoms with Gasteiger partial charge in [-0.25, -0.2) is 0 Å². The SMILES string of the molecule is Cc1ccc(C=NC2CCC2)cc1. The molecule has 1 fully saturated rings. The topological polar surface area (TPSA) is 12.4 Å². The third-order valence-corrected chi connectivity index (χ3v) is 2.59. The van der Waals surface area contributed by atoms with Gasteiger partial charge in [0.25, 0.3) is 0 Å². The predicted octanol–water partition coefficient (Wildman–Crippen LogP) is 2.97. The molecule has 0 N–H and O–H groups in total. The summed E-state index contributed by atoms with van der Waals surface area (Å²) < 4.78 is 0. The minimum Gasteiger partial charge on any atom is -0.289 e. The van der Waals surface area contributed by atoms with Crippen molar-refractivity contribution >= 4 is 6.21 Å². The zero-order valence-electron chi connectivity index (χ0n) is 8.03. The van der Waals surface area contributed by atoms with Gasteiger partial charge in [0.15, 0.2) is 0 Å². The first-order valence-electron chi connectivity index (χ1n) is 4.94. The van der Waals surface area contributed by atoms with Gasteiger partial charge in [0.2, 0.25) is 0 Å². The van der Waals surface area contributed by atoms with E-state index in [0.29, 0.717) is 6.04 Å². The molecule has 1 saturated carbocycles. The van der Waals surface area contributed by atoms with Crippen LogP contribution in [-0.2, 0) is 0 Å². The van der Waals surface area contributed by atoms with E-state index >= 15 is 0 Å². The Morgan fingerprint density at radius 1 is 1.23 bits per heavy atom. The maximum Gasteiger partial charge on any atom is 0.0499 e. The molecule has 0 heterocycles. The molecule has 0 aromatic heterocycles. The Labute approximate surface area is 79.5 Å². The summed E-state index contributed by atoms with van der Waals surface area (Å²) >= 11 is 0. The highest BCUT2D eigenvalue weighted by molar-refractivity contribution is 5.79. The van der Waals surface area contributed by atoms with E-state index in [1.54, 1.807) is 0 Å². The molecule has 1 aromatic rings. The molecule has 0 radical (unpaired) electrons. The second-order valence-corrected chi connectivity index (χ2v) is 3.77. The fourth-order valence-corrected chi connectivity index (χ4v) is 1.38. The summed E-state index contributed by atoms with van der Waals surface area (Å²) in [6.07, 6.45) is 5.92. The summed E-state index contributed by atoms with van der Waals surface area (Å²) in [6.45, 7) is 2.10. The van der Waals surface area contributed by atoms with Crippen molar-refractivity contribution < 1.29 is 0 Å². The van der Waals surface area contributed by atoms with Gasteiger partial charge in [-0.3, -0.25) is 4.99 Å². The Morgan fingerprint density at radius 3 is 2.46 bits per heavy atom. The summed E-state index contributed by atoms with van der Waals surface area (Å²) in [5, 5.41) is 0. The molecule has 1 aliphatic rings. The van der Waals surface area contributed by atoms with Crippen molar-refractivity contribution in [3.8, 4) is 0 Å². The van der Waals surface area contributed by atoms with Gasteiger partial charge in [0, 0.05) is 12.3 Å². The first-order chi connectivity index (χ1) is 6.34. The summed E-state index contributed by atoms with van der Waals surface area (Å²) in [5.41, 5.74) is 2.53. The second kappa shape index (κ2) is 3.73. The number of rotatable bonds is 2. The molecule has 0 unspecified atom stereocenters. The second-order valence-electron chi connectivity index (χ2n) is 3.77. The minimum absolute atomic E-state index is 0.612. The molecule has 1 heteroatoms. The van der Waals surface area contributed by atoms with E-state index in [9.17, 15) is 0 Å². The number of nitrogens with zero attached hydrogens (tertiary/aromatic N) is 1. The number of aryl methyl sites for hydroxylation is 1. The molecule has 0 amide bonds. The van der Waals surface area contributed by atoms with Crippen LogP contribution in [0, 0.1) is 6.92 Å². The number of hydrogen-bond donors (Lipinski definition) is 0. The Balaban J connectivity index is 2.00. The maximum absolute atomic E-state index is 4.50. The Morgan fingerprint density at radius 2 is 1.92 bits per heavy atom. The quantitative estimate of drug-likeness (QED) is 0.610. The van der Waals surface area contributed by atoms with Gasteiger partial charge in [-0.2, -0.15) is 0 Å². The van der Waals surface area contributed by atoms with Gasteiger partial charge >= 0.3 is 0 Å². The van der Waals surface area contributed by atoms with Crippen molar-refractivity contribution in [2.45, 2.75) is 32.2 Å². The molecule has 0 spiro atoms. The highest BCUT2D eigenvalue weighted by Crippen LogP contribution is 2.21. The maximum atomic E-state index is 4.50. The summed E-state index contributed by atoms with van der Waals surface area (Å²) in [6, 6.07) is 9.11. The Hall–Kier alpha value is -1.11. The average Bonchev–Trinajstić information content (AvgIpc) is 2.05. The first kappa shape index (κ1) is 8.49. The van der Waals surface area contributed by atoms with Gasteiger partial charge in [-0.1, -0.05) is 29.8 Å². The highest BCUT2D eigenvalue weighted by Gasteiger charge is 2.14. The van der Waals surface area contributed by atoms with Crippen molar-refractivity contribution in [2.75, 3.05) is 0 Å². The van der Waals surface area contributed by atoms with Gasteiger partial charge in [0.05, 0.1) is 0 Å². The predicted molar refractivity (Wildman–Crippen MR) is 56.4 cm³/mol. The Bertz CT molecular complexity index is 293. The van der Waals surface area contributed by atoms with Gasteiger partial charge in [-0.05, 0) is 31.7 Å². The van der Waals surface area contributed by atoms with Crippen molar-refractivity contribution in [3.05, 3.63) is 35.4 Å². The van der Waals surface area contributed by atoms with Crippen LogP contribution >= 0.6 is 0 Å². The molecule has 68 valence electrons. The van der Waals surface area contributed by atoms with E-state index in [0.717, 1.165) is 0 Å². The van der Waals surface area contributed by atoms with Crippen molar-refractivity contribution in [2.24, 2.45) is 4.99 Å². The van der Waals surface area contributed by atoms with Crippen molar-refractivity contribution in [1.82, 2.24) is 0 Å². The molecule has 1 aliphatic carbocycles. The fourth-order valence-electron chi connectivity index (χ4n) is 1.38. The van der Waals surface area contributed by atoms with Crippen LogP contribution in [0.1, 0.15) is 30.4 Å².